The zero-order chi connectivity index (χ0) is 14.1. The summed E-state index contributed by atoms with van der Waals surface area (Å²) in [6.07, 6.45) is 0.930. The number of methoxy groups -OCH3 is 1. The van der Waals surface area contributed by atoms with Crippen LogP contribution < -0.4 is 5.32 Å². The Labute approximate surface area is 109 Å². The van der Waals surface area contributed by atoms with Crippen molar-refractivity contribution in [2.24, 2.45) is 5.92 Å². The van der Waals surface area contributed by atoms with Gasteiger partial charge in [0.25, 0.3) is 0 Å². The number of hydrogen-bond donors (Lipinski definition) is 1. The summed E-state index contributed by atoms with van der Waals surface area (Å²) in [4.78, 5) is 22.9. The second kappa shape index (κ2) is 8.91. The Bertz CT molecular complexity index is 266. The third kappa shape index (κ3) is 7.27. The van der Waals surface area contributed by atoms with Crippen molar-refractivity contribution < 1.29 is 19.1 Å². The normalized spacial score (nSPS) is 14.1. The molecule has 1 N–H and O–H groups in total. The van der Waals surface area contributed by atoms with Crippen LogP contribution in [0.4, 0.5) is 0 Å². The third-order valence-corrected chi connectivity index (χ3v) is 2.46. The fourth-order valence-electron chi connectivity index (χ4n) is 1.72. The van der Waals surface area contributed by atoms with Crippen LogP contribution in [0.1, 0.15) is 40.5 Å². The summed E-state index contributed by atoms with van der Waals surface area (Å²) in [5.74, 6) is -0.179. The lowest BCUT2D eigenvalue weighted by Crippen LogP contribution is -2.44. The van der Waals surface area contributed by atoms with Gasteiger partial charge in [-0.3, -0.25) is 9.59 Å². The molecule has 0 aromatic heterocycles. The monoisotopic (exact) mass is 259 g/mol. The van der Waals surface area contributed by atoms with Gasteiger partial charge < -0.3 is 14.8 Å². The standard InChI is InChI=1S/C13H25NO4/c1-6-18-12(15)8-10(4)14-11(7-9(2)3)13(16)17-5/h9-11,14H,6-8H2,1-5H3. The van der Waals surface area contributed by atoms with Crippen LogP contribution in [0.25, 0.3) is 0 Å². The van der Waals surface area contributed by atoms with Crippen LogP contribution in [0.5, 0.6) is 0 Å². The average Bonchev–Trinajstić information content (AvgIpc) is 2.26. The van der Waals surface area contributed by atoms with Crippen LogP contribution >= 0.6 is 0 Å². The Morgan fingerprint density at radius 2 is 1.83 bits per heavy atom. The van der Waals surface area contributed by atoms with E-state index in [4.69, 9.17) is 9.47 Å². The molecule has 5 heteroatoms. The molecular weight excluding hydrogens is 234 g/mol. The molecule has 0 aromatic rings. The molecular formula is C13H25NO4. The van der Waals surface area contributed by atoms with Gasteiger partial charge in [0.2, 0.25) is 0 Å². The Kier molecular flexibility index (Phi) is 8.37. The summed E-state index contributed by atoms with van der Waals surface area (Å²) in [5.41, 5.74) is 0. The SMILES string of the molecule is CCOC(=O)CC(C)NC(CC(C)C)C(=O)OC. The molecule has 0 heterocycles. The zero-order valence-electron chi connectivity index (χ0n) is 12.0. The predicted molar refractivity (Wildman–Crippen MR) is 69.1 cm³/mol. The van der Waals surface area contributed by atoms with Gasteiger partial charge in [0.05, 0.1) is 20.1 Å². The van der Waals surface area contributed by atoms with Gasteiger partial charge in [0, 0.05) is 6.04 Å². The highest BCUT2D eigenvalue weighted by Gasteiger charge is 2.23. The van der Waals surface area contributed by atoms with Crippen LogP contribution in [0, 0.1) is 5.92 Å². The van der Waals surface area contributed by atoms with Crippen molar-refractivity contribution in [1.29, 1.82) is 0 Å². The highest BCUT2D eigenvalue weighted by atomic mass is 16.5. The number of carbonyl (C=O) groups is 2. The molecule has 0 saturated carbocycles. The minimum Gasteiger partial charge on any atom is -0.468 e. The molecule has 0 rings (SSSR count). The van der Waals surface area contributed by atoms with Crippen molar-refractivity contribution in [2.45, 2.75) is 52.6 Å². The van der Waals surface area contributed by atoms with E-state index in [2.05, 4.69) is 5.32 Å². The van der Waals surface area contributed by atoms with Gasteiger partial charge in [-0.1, -0.05) is 13.8 Å². The van der Waals surface area contributed by atoms with Crippen LogP contribution in [-0.4, -0.2) is 37.7 Å². The molecule has 18 heavy (non-hydrogen) atoms. The smallest absolute Gasteiger partial charge is 0.322 e. The Hall–Kier alpha value is -1.10. The average molecular weight is 259 g/mol. The second-order valence-corrected chi connectivity index (χ2v) is 4.78. The fraction of sp³-hybridized carbons (Fsp3) is 0.846. The minimum absolute atomic E-state index is 0.119. The second-order valence-electron chi connectivity index (χ2n) is 4.78. The summed E-state index contributed by atoms with van der Waals surface area (Å²) < 4.78 is 9.62. The Balaban J connectivity index is 4.29. The van der Waals surface area contributed by atoms with E-state index in [-0.39, 0.29) is 30.4 Å². The molecule has 0 saturated heterocycles. The lowest BCUT2D eigenvalue weighted by molar-refractivity contribution is -0.146. The van der Waals surface area contributed by atoms with Crippen LogP contribution in [-0.2, 0) is 19.1 Å². The number of esters is 2. The summed E-state index contributed by atoms with van der Waals surface area (Å²) in [5, 5.41) is 3.11. The van der Waals surface area contributed by atoms with E-state index in [9.17, 15) is 9.59 Å². The number of carbonyl (C=O) groups excluding carboxylic acids is 2. The van der Waals surface area contributed by atoms with Gasteiger partial charge in [0.15, 0.2) is 0 Å². The van der Waals surface area contributed by atoms with E-state index in [1.165, 1.54) is 7.11 Å². The van der Waals surface area contributed by atoms with Crippen LogP contribution in [0.15, 0.2) is 0 Å². The van der Waals surface area contributed by atoms with E-state index < -0.39 is 0 Å². The third-order valence-electron chi connectivity index (χ3n) is 2.46. The van der Waals surface area contributed by atoms with Crippen LogP contribution in [0.3, 0.4) is 0 Å². The van der Waals surface area contributed by atoms with Gasteiger partial charge in [-0.15, -0.1) is 0 Å². The molecule has 0 fully saturated rings. The number of nitrogens with one attached hydrogen (secondary N) is 1. The molecule has 0 aliphatic heterocycles. The van der Waals surface area contributed by atoms with E-state index in [0.29, 0.717) is 18.9 Å². The number of hydrogen-bond acceptors (Lipinski definition) is 5. The molecule has 0 aliphatic rings. The summed E-state index contributed by atoms with van der Waals surface area (Å²) in [6.45, 7) is 8.07. The number of ether oxygens (including phenoxy) is 2. The molecule has 2 unspecified atom stereocenters. The molecule has 0 bridgehead atoms. The molecule has 2 atom stereocenters. The Morgan fingerprint density at radius 1 is 1.22 bits per heavy atom. The highest BCUT2D eigenvalue weighted by molar-refractivity contribution is 5.76. The fourth-order valence-corrected chi connectivity index (χ4v) is 1.72. The maximum atomic E-state index is 11.6. The van der Waals surface area contributed by atoms with Crippen molar-refractivity contribution in [2.75, 3.05) is 13.7 Å². The first-order chi connectivity index (χ1) is 8.40. The van der Waals surface area contributed by atoms with E-state index in [1.54, 1.807) is 6.92 Å². The summed E-state index contributed by atoms with van der Waals surface area (Å²) in [6, 6.07) is -0.494. The van der Waals surface area contributed by atoms with Gasteiger partial charge in [-0.2, -0.15) is 0 Å². The van der Waals surface area contributed by atoms with Gasteiger partial charge in [-0.05, 0) is 26.2 Å². The molecule has 0 amide bonds. The largest absolute Gasteiger partial charge is 0.468 e. The molecule has 0 radical (unpaired) electrons. The van der Waals surface area contributed by atoms with E-state index in [1.807, 2.05) is 20.8 Å². The van der Waals surface area contributed by atoms with Gasteiger partial charge in [0.1, 0.15) is 6.04 Å². The first-order valence-corrected chi connectivity index (χ1v) is 6.40. The van der Waals surface area contributed by atoms with Crippen LogP contribution in [0.2, 0.25) is 0 Å². The maximum Gasteiger partial charge on any atom is 0.322 e. The van der Waals surface area contributed by atoms with Crippen molar-refractivity contribution in [3.8, 4) is 0 Å². The van der Waals surface area contributed by atoms with Crippen molar-refractivity contribution >= 4 is 11.9 Å². The van der Waals surface area contributed by atoms with Gasteiger partial charge >= 0.3 is 11.9 Å². The van der Waals surface area contributed by atoms with E-state index in [0.717, 1.165) is 0 Å². The summed E-state index contributed by atoms with van der Waals surface area (Å²) >= 11 is 0. The van der Waals surface area contributed by atoms with Crippen molar-refractivity contribution in [3.63, 3.8) is 0 Å². The van der Waals surface area contributed by atoms with Crippen molar-refractivity contribution in [1.82, 2.24) is 5.32 Å². The minimum atomic E-state index is -0.376. The van der Waals surface area contributed by atoms with Crippen molar-refractivity contribution in [3.05, 3.63) is 0 Å². The number of rotatable bonds is 8. The highest BCUT2D eigenvalue weighted by Crippen LogP contribution is 2.08. The lowest BCUT2D eigenvalue weighted by atomic mass is 10.0. The van der Waals surface area contributed by atoms with E-state index >= 15 is 0 Å². The quantitative estimate of drug-likeness (QED) is 0.669. The Morgan fingerprint density at radius 3 is 2.28 bits per heavy atom. The molecule has 0 spiro atoms. The zero-order valence-corrected chi connectivity index (χ0v) is 12.0. The maximum absolute atomic E-state index is 11.6. The van der Waals surface area contributed by atoms with Gasteiger partial charge in [-0.25, -0.2) is 0 Å². The molecule has 106 valence electrons. The predicted octanol–water partition coefficient (Wildman–Crippen LogP) is 1.51. The molecule has 0 aliphatic carbocycles. The summed E-state index contributed by atoms with van der Waals surface area (Å²) in [7, 11) is 1.37. The molecule has 0 aromatic carbocycles. The lowest BCUT2D eigenvalue weighted by Gasteiger charge is -2.22. The molecule has 5 nitrogen and oxygen atoms in total. The first-order valence-electron chi connectivity index (χ1n) is 6.40. The topological polar surface area (TPSA) is 64.6 Å². The first kappa shape index (κ1) is 16.9.